The summed E-state index contributed by atoms with van der Waals surface area (Å²) in [6.45, 7) is 0.185. The van der Waals surface area contributed by atoms with Crippen LogP contribution in [-0.4, -0.2) is 23.3 Å². The van der Waals surface area contributed by atoms with E-state index in [-0.39, 0.29) is 12.5 Å². The van der Waals surface area contributed by atoms with E-state index >= 15 is 0 Å². The normalized spacial score (nSPS) is 14.4. The number of nitrogens with zero attached hydrogens (tertiary/aromatic N) is 2. The van der Waals surface area contributed by atoms with E-state index in [1.54, 1.807) is 0 Å². The summed E-state index contributed by atoms with van der Waals surface area (Å²) in [5, 5.41) is 1.50. The molecule has 0 saturated heterocycles. The summed E-state index contributed by atoms with van der Waals surface area (Å²) in [6.07, 6.45) is 0. The van der Waals surface area contributed by atoms with Gasteiger partial charge in [0.1, 0.15) is 6.54 Å². The molecule has 94 valence electrons. The average molecular weight is 251 g/mol. The summed E-state index contributed by atoms with van der Waals surface area (Å²) in [5.74, 6) is 0.608. The quantitative estimate of drug-likeness (QED) is 0.909. The van der Waals surface area contributed by atoms with Crippen LogP contribution in [0.4, 0.5) is 5.69 Å². The van der Waals surface area contributed by atoms with Crippen molar-refractivity contribution >= 4 is 17.4 Å². The molecule has 0 aliphatic carbocycles. The van der Waals surface area contributed by atoms with Crippen LogP contribution in [0.2, 0.25) is 0 Å². The third-order valence-corrected chi connectivity index (χ3v) is 2.87. The maximum absolute atomic E-state index is 11.9. The summed E-state index contributed by atoms with van der Waals surface area (Å²) in [7, 11) is 0. The van der Waals surface area contributed by atoms with Crippen LogP contribution >= 0.6 is 0 Å². The Morgan fingerprint density at radius 1 is 0.947 bits per heavy atom. The Balaban J connectivity index is 1.87. The van der Waals surface area contributed by atoms with Crippen molar-refractivity contribution in [3.05, 3.63) is 66.2 Å². The SMILES string of the molecule is O=C1CN=C(c2ccccc2)N1Nc1ccccc1. The van der Waals surface area contributed by atoms with E-state index in [4.69, 9.17) is 0 Å². The van der Waals surface area contributed by atoms with Crippen LogP contribution in [0.1, 0.15) is 5.56 Å². The zero-order chi connectivity index (χ0) is 13.1. The lowest BCUT2D eigenvalue weighted by Gasteiger charge is -2.20. The number of anilines is 1. The number of carbonyl (C=O) groups is 1. The Kier molecular flexibility index (Phi) is 2.98. The molecule has 0 spiro atoms. The van der Waals surface area contributed by atoms with Crippen molar-refractivity contribution in [2.24, 2.45) is 4.99 Å². The van der Waals surface area contributed by atoms with Gasteiger partial charge >= 0.3 is 0 Å². The predicted molar refractivity (Wildman–Crippen MR) is 74.8 cm³/mol. The monoisotopic (exact) mass is 251 g/mol. The van der Waals surface area contributed by atoms with Crippen molar-refractivity contribution < 1.29 is 4.79 Å². The van der Waals surface area contributed by atoms with Crippen molar-refractivity contribution in [3.63, 3.8) is 0 Å². The van der Waals surface area contributed by atoms with Gasteiger partial charge in [0.25, 0.3) is 5.91 Å². The van der Waals surface area contributed by atoms with Gasteiger partial charge in [0, 0.05) is 5.56 Å². The molecular formula is C15H13N3O. The summed E-state index contributed by atoms with van der Waals surface area (Å²) in [5.41, 5.74) is 4.88. The topological polar surface area (TPSA) is 44.7 Å². The zero-order valence-electron chi connectivity index (χ0n) is 10.3. The van der Waals surface area contributed by atoms with Crippen LogP contribution in [0.5, 0.6) is 0 Å². The molecule has 4 heteroatoms. The third-order valence-electron chi connectivity index (χ3n) is 2.87. The molecule has 0 fully saturated rings. The number of aliphatic imine (C=N–C) groups is 1. The predicted octanol–water partition coefficient (Wildman–Crippen LogP) is 2.30. The minimum Gasteiger partial charge on any atom is -0.290 e. The van der Waals surface area contributed by atoms with Crippen LogP contribution in [0.25, 0.3) is 0 Å². The van der Waals surface area contributed by atoms with E-state index in [1.807, 2.05) is 60.7 Å². The molecule has 0 radical (unpaired) electrons. The highest BCUT2D eigenvalue weighted by atomic mass is 16.2. The molecule has 4 nitrogen and oxygen atoms in total. The number of nitrogens with one attached hydrogen (secondary N) is 1. The van der Waals surface area contributed by atoms with Crippen molar-refractivity contribution in [1.29, 1.82) is 0 Å². The fourth-order valence-corrected chi connectivity index (χ4v) is 1.97. The van der Waals surface area contributed by atoms with E-state index in [0.717, 1.165) is 11.3 Å². The Hall–Kier alpha value is -2.62. The number of carbonyl (C=O) groups excluding carboxylic acids is 1. The van der Waals surface area contributed by atoms with Crippen molar-refractivity contribution in [3.8, 4) is 0 Å². The lowest BCUT2D eigenvalue weighted by molar-refractivity contribution is -0.123. The molecule has 1 amide bonds. The second kappa shape index (κ2) is 4.94. The second-order valence-electron chi connectivity index (χ2n) is 4.21. The summed E-state index contributed by atoms with van der Waals surface area (Å²) >= 11 is 0. The highest BCUT2D eigenvalue weighted by Gasteiger charge is 2.26. The van der Waals surface area contributed by atoms with E-state index in [0.29, 0.717) is 5.84 Å². The summed E-state index contributed by atoms with van der Waals surface area (Å²) < 4.78 is 0. The fraction of sp³-hybridized carbons (Fsp3) is 0.0667. The van der Waals surface area contributed by atoms with E-state index < -0.39 is 0 Å². The van der Waals surface area contributed by atoms with E-state index in [1.165, 1.54) is 5.01 Å². The molecule has 0 saturated carbocycles. The van der Waals surface area contributed by atoms with Crippen molar-refractivity contribution in [2.45, 2.75) is 0 Å². The number of benzene rings is 2. The van der Waals surface area contributed by atoms with Gasteiger partial charge in [-0.05, 0) is 12.1 Å². The Morgan fingerprint density at radius 2 is 1.58 bits per heavy atom. The van der Waals surface area contributed by atoms with Gasteiger partial charge in [-0.15, -0.1) is 0 Å². The number of para-hydroxylation sites is 1. The lowest BCUT2D eigenvalue weighted by atomic mass is 10.2. The van der Waals surface area contributed by atoms with E-state index in [9.17, 15) is 4.79 Å². The van der Waals surface area contributed by atoms with Crippen LogP contribution in [-0.2, 0) is 4.79 Å². The standard InChI is InChI=1S/C15H13N3O/c19-14-11-16-15(12-7-3-1-4-8-12)18(14)17-13-9-5-2-6-10-13/h1-10,17H,11H2. The molecular weight excluding hydrogens is 238 g/mol. The molecule has 1 aliphatic rings. The molecule has 1 aliphatic heterocycles. The van der Waals surface area contributed by atoms with Crippen LogP contribution in [0.3, 0.4) is 0 Å². The smallest absolute Gasteiger partial charge is 0.268 e. The number of amides is 1. The molecule has 2 aromatic rings. The highest BCUT2D eigenvalue weighted by molar-refractivity contribution is 6.13. The highest BCUT2D eigenvalue weighted by Crippen LogP contribution is 2.15. The van der Waals surface area contributed by atoms with E-state index in [2.05, 4.69) is 10.4 Å². The molecule has 0 unspecified atom stereocenters. The number of hydrogen-bond acceptors (Lipinski definition) is 3. The lowest BCUT2D eigenvalue weighted by Crippen LogP contribution is -2.38. The van der Waals surface area contributed by atoms with Gasteiger partial charge in [0.15, 0.2) is 5.84 Å². The minimum atomic E-state index is -0.0530. The first-order valence-corrected chi connectivity index (χ1v) is 6.09. The minimum absolute atomic E-state index is 0.0530. The molecule has 3 rings (SSSR count). The first-order chi connectivity index (χ1) is 9.34. The van der Waals surface area contributed by atoms with Crippen molar-refractivity contribution in [2.75, 3.05) is 12.0 Å². The number of rotatable bonds is 3. The van der Waals surface area contributed by atoms with Crippen LogP contribution < -0.4 is 5.43 Å². The van der Waals surface area contributed by atoms with Gasteiger partial charge < -0.3 is 0 Å². The largest absolute Gasteiger partial charge is 0.290 e. The van der Waals surface area contributed by atoms with Gasteiger partial charge in [0.05, 0.1) is 5.69 Å². The fourth-order valence-electron chi connectivity index (χ4n) is 1.97. The zero-order valence-corrected chi connectivity index (χ0v) is 10.3. The van der Waals surface area contributed by atoms with Crippen molar-refractivity contribution in [1.82, 2.24) is 5.01 Å². The molecule has 19 heavy (non-hydrogen) atoms. The molecule has 1 heterocycles. The first-order valence-electron chi connectivity index (χ1n) is 6.09. The summed E-state index contributed by atoms with van der Waals surface area (Å²) in [6, 6.07) is 19.3. The van der Waals surface area contributed by atoms with Gasteiger partial charge in [0.2, 0.25) is 0 Å². The third kappa shape index (κ3) is 2.33. The summed E-state index contributed by atoms with van der Waals surface area (Å²) in [4.78, 5) is 16.2. The Bertz CT molecular complexity index is 608. The Morgan fingerprint density at radius 3 is 2.26 bits per heavy atom. The van der Waals surface area contributed by atoms with Gasteiger partial charge in [-0.3, -0.25) is 15.2 Å². The maximum atomic E-state index is 11.9. The van der Waals surface area contributed by atoms with Gasteiger partial charge in [-0.1, -0.05) is 48.5 Å². The van der Waals surface area contributed by atoms with Crippen LogP contribution in [0, 0.1) is 0 Å². The second-order valence-corrected chi connectivity index (χ2v) is 4.21. The molecule has 2 aromatic carbocycles. The number of amidine groups is 1. The van der Waals surface area contributed by atoms with Gasteiger partial charge in [-0.25, -0.2) is 5.01 Å². The molecule has 0 atom stereocenters. The maximum Gasteiger partial charge on any atom is 0.268 e. The average Bonchev–Trinajstić information content (AvgIpc) is 2.82. The Labute approximate surface area is 111 Å². The van der Waals surface area contributed by atoms with Crippen LogP contribution in [0.15, 0.2) is 65.7 Å². The first kappa shape index (κ1) is 11.5. The molecule has 0 bridgehead atoms. The molecule has 1 N–H and O–H groups in total. The number of hydrogen-bond donors (Lipinski definition) is 1. The number of hydrazine groups is 1. The van der Waals surface area contributed by atoms with Gasteiger partial charge in [-0.2, -0.15) is 0 Å². The molecule has 0 aromatic heterocycles.